The van der Waals surface area contributed by atoms with Crippen LogP contribution < -0.4 is 0 Å². The van der Waals surface area contributed by atoms with Crippen molar-refractivity contribution >= 4 is 39.5 Å². The first kappa shape index (κ1) is 95.1. The molecule has 0 aliphatic heterocycles. The van der Waals surface area contributed by atoms with Gasteiger partial charge in [0.15, 0.2) is 12.2 Å². The lowest BCUT2D eigenvalue weighted by Gasteiger charge is -2.21. The van der Waals surface area contributed by atoms with Crippen molar-refractivity contribution in [1.82, 2.24) is 0 Å². The fourth-order valence-corrected chi connectivity index (χ4v) is 13.5. The van der Waals surface area contributed by atoms with Gasteiger partial charge in [-0.1, -0.05) is 344 Å². The number of esters is 4. The van der Waals surface area contributed by atoms with Gasteiger partial charge >= 0.3 is 39.5 Å². The fourth-order valence-electron chi connectivity index (χ4n) is 11.9. The summed E-state index contributed by atoms with van der Waals surface area (Å²) in [5.41, 5.74) is 0. The maximum absolute atomic E-state index is 13.1. The third-order valence-corrected chi connectivity index (χ3v) is 20.3. The molecule has 17 nitrogen and oxygen atoms in total. The average Bonchev–Trinajstić information content (AvgIpc) is 1.08. The van der Waals surface area contributed by atoms with Gasteiger partial charge < -0.3 is 33.8 Å². The molecule has 0 heterocycles. The van der Waals surface area contributed by atoms with Crippen molar-refractivity contribution in [3.63, 3.8) is 0 Å². The molecule has 0 aromatic heterocycles. The van der Waals surface area contributed by atoms with E-state index in [2.05, 4.69) is 55.4 Å². The summed E-state index contributed by atoms with van der Waals surface area (Å²) in [7, 11) is -9.92. The number of aliphatic hydroxyl groups excluding tert-OH is 1. The lowest BCUT2D eigenvalue weighted by molar-refractivity contribution is -0.161. The van der Waals surface area contributed by atoms with Crippen molar-refractivity contribution in [2.45, 2.75) is 414 Å². The minimum atomic E-state index is -4.96. The van der Waals surface area contributed by atoms with Crippen LogP contribution in [0.2, 0.25) is 0 Å². The van der Waals surface area contributed by atoms with Crippen LogP contribution in [0.1, 0.15) is 396 Å². The zero-order chi connectivity index (χ0) is 71.7. The summed E-state index contributed by atoms with van der Waals surface area (Å²) in [6.45, 7) is 14.2. The molecule has 0 aromatic carbocycles. The first-order valence-electron chi connectivity index (χ1n) is 40.2. The molecule has 0 radical (unpaired) electrons. The Labute approximate surface area is 594 Å². The van der Waals surface area contributed by atoms with Crippen LogP contribution in [0.15, 0.2) is 0 Å². The van der Waals surface area contributed by atoms with Crippen LogP contribution in [0, 0.1) is 23.7 Å². The van der Waals surface area contributed by atoms with Crippen molar-refractivity contribution < 1.29 is 80.2 Å². The number of unbranched alkanes of at least 4 members (excludes halogenated alkanes) is 40. The summed E-state index contributed by atoms with van der Waals surface area (Å²) in [6, 6.07) is 0. The Morgan fingerprint density at radius 2 is 0.495 bits per heavy atom. The molecule has 0 aliphatic rings. The fraction of sp³-hybridized carbons (Fsp3) is 0.949. The number of carbonyl (C=O) groups excluding carboxylic acids is 4. The third kappa shape index (κ3) is 70.9. The summed E-state index contributed by atoms with van der Waals surface area (Å²) in [6.07, 6.45) is 52.7. The highest BCUT2D eigenvalue weighted by Crippen LogP contribution is 2.45. The molecule has 0 saturated carbocycles. The highest BCUT2D eigenvalue weighted by Gasteiger charge is 2.30. The Kier molecular flexibility index (Phi) is 65.9. The molecule has 0 aliphatic carbocycles. The quantitative estimate of drug-likeness (QED) is 0.0222. The molecule has 0 rings (SSSR count). The monoisotopic (exact) mass is 1420 g/mol. The van der Waals surface area contributed by atoms with Crippen LogP contribution in [-0.2, 0) is 65.4 Å². The second-order valence-electron chi connectivity index (χ2n) is 29.8. The zero-order valence-electron chi connectivity index (χ0n) is 63.7. The number of phosphoric ester groups is 2. The van der Waals surface area contributed by atoms with Crippen molar-refractivity contribution in [2.24, 2.45) is 23.7 Å². The van der Waals surface area contributed by atoms with Gasteiger partial charge in [0, 0.05) is 25.7 Å². The first-order chi connectivity index (χ1) is 46.6. The summed E-state index contributed by atoms with van der Waals surface area (Å²) >= 11 is 0. The Balaban J connectivity index is 5.24. The van der Waals surface area contributed by atoms with E-state index >= 15 is 0 Å². The Morgan fingerprint density at radius 3 is 0.732 bits per heavy atom. The SMILES string of the molecule is CCC(C)CCCCCCCCC(=O)OC[C@H](COP(=O)(O)OC[C@H](O)COP(=O)(O)OC[C@@H](COC(=O)CCCCCCCCCCCCC(C)C)OC(=O)CCCCCCCCCCCCCCCCCCC(C)C)OC(=O)CCCCCCCCCCCCCCC(C)C. The van der Waals surface area contributed by atoms with E-state index in [1.54, 1.807) is 0 Å². The molecule has 97 heavy (non-hydrogen) atoms. The summed E-state index contributed by atoms with van der Waals surface area (Å²) in [5.74, 6) is 0.957. The molecule has 576 valence electrons. The highest BCUT2D eigenvalue weighted by atomic mass is 31.2. The van der Waals surface area contributed by atoms with Gasteiger partial charge in [-0.2, -0.15) is 0 Å². The minimum Gasteiger partial charge on any atom is -0.462 e. The minimum absolute atomic E-state index is 0.106. The predicted octanol–water partition coefficient (Wildman–Crippen LogP) is 22.8. The summed E-state index contributed by atoms with van der Waals surface area (Å²) in [5, 5.41) is 10.6. The van der Waals surface area contributed by atoms with Crippen LogP contribution in [0.25, 0.3) is 0 Å². The normalized spacial score (nSPS) is 14.4. The third-order valence-electron chi connectivity index (χ3n) is 18.4. The Bertz CT molecular complexity index is 1900. The number of aliphatic hydroxyl groups is 1. The summed E-state index contributed by atoms with van der Waals surface area (Å²) in [4.78, 5) is 72.9. The van der Waals surface area contributed by atoms with E-state index in [1.165, 1.54) is 193 Å². The van der Waals surface area contributed by atoms with Gasteiger partial charge in [-0.05, 0) is 49.4 Å². The van der Waals surface area contributed by atoms with Gasteiger partial charge in [0.2, 0.25) is 0 Å². The van der Waals surface area contributed by atoms with E-state index in [0.29, 0.717) is 25.7 Å². The molecule has 0 fully saturated rings. The lowest BCUT2D eigenvalue weighted by atomic mass is 10.00. The molecule has 3 N–H and O–H groups in total. The molecule has 6 atom stereocenters. The predicted molar refractivity (Wildman–Crippen MR) is 395 cm³/mol. The van der Waals surface area contributed by atoms with Crippen LogP contribution in [0.5, 0.6) is 0 Å². The second-order valence-corrected chi connectivity index (χ2v) is 32.7. The maximum atomic E-state index is 13.1. The molecular weight excluding hydrogens is 1270 g/mol. The maximum Gasteiger partial charge on any atom is 0.472 e. The van der Waals surface area contributed by atoms with E-state index in [9.17, 15) is 43.2 Å². The van der Waals surface area contributed by atoms with Crippen LogP contribution in [0.3, 0.4) is 0 Å². The smallest absolute Gasteiger partial charge is 0.462 e. The summed E-state index contributed by atoms with van der Waals surface area (Å²) < 4.78 is 68.6. The molecule has 0 saturated heterocycles. The van der Waals surface area contributed by atoms with Crippen LogP contribution in [-0.4, -0.2) is 96.7 Å². The largest absolute Gasteiger partial charge is 0.472 e. The van der Waals surface area contributed by atoms with E-state index in [1.807, 2.05) is 0 Å². The van der Waals surface area contributed by atoms with Crippen LogP contribution in [0.4, 0.5) is 0 Å². The van der Waals surface area contributed by atoms with E-state index in [4.69, 9.17) is 37.0 Å². The van der Waals surface area contributed by atoms with Crippen molar-refractivity contribution in [3.05, 3.63) is 0 Å². The molecule has 0 spiro atoms. The molecule has 19 heteroatoms. The number of carbonyl (C=O) groups is 4. The lowest BCUT2D eigenvalue weighted by Crippen LogP contribution is -2.30. The molecule has 3 unspecified atom stereocenters. The number of hydrogen-bond donors (Lipinski definition) is 3. The van der Waals surface area contributed by atoms with Gasteiger partial charge in [-0.15, -0.1) is 0 Å². The van der Waals surface area contributed by atoms with E-state index in [0.717, 1.165) is 120 Å². The van der Waals surface area contributed by atoms with E-state index < -0.39 is 97.5 Å². The zero-order valence-corrected chi connectivity index (χ0v) is 65.5. The average molecular weight is 1420 g/mol. The Hall–Kier alpha value is -1.94. The first-order valence-corrected chi connectivity index (χ1v) is 43.2. The van der Waals surface area contributed by atoms with Gasteiger partial charge in [-0.3, -0.25) is 37.3 Å². The number of ether oxygens (including phenoxy) is 4. The highest BCUT2D eigenvalue weighted by molar-refractivity contribution is 7.47. The van der Waals surface area contributed by atoms with Crippen molar-refractivity contribution in [1.29, 1.82) is 0 Å². The molecular formula is C78H152O17P2. The Morgan fingerprint density at radius 1 is 0.289 bits per heavy atom. The topological polar surface area (TPSA) is 237 Å². The van der Waals surface area contributed by atoms with Crippen LogP contribution >= 0.6 is 15.6 Å². The number of phosphoric acid groups is 2. The second kappa shape index (κ2) is 67.2. The van der Waals surface area contributed by atoms with Gasteiger partial charge in [0.25, 0.3) is 0 Å². The van der Waals surface area contributed by atoms with Gasteiger partial charge in [-0.25, -0.2) is 9.13 Å². The van der Waals surface area contributed by atoms with Gasteiger partial charge in [0.05, 0.1) is 26.4 Å². The van der Waals surface area contributed by atoms with Crippen molar-refractivity contribution in [2.75, 3.05) is 39.6 Å². The molecule has 0 bridgehead atoms. The van der Waals surface area contributed by atoms with Crippen molar-refractivity contribution in [3.8, 4) is 0 Å². The van der Waals surface area contributed by atoms with E-state index in [-0.39, 0.29) is 25.7 Å². The molecule has 0 amide bonds. The number of hydrogen-bond acceptors (Lipinski definition) is 15. The molecule has 0 aromatic rings. The van der Waals surface area contributed by atoms with Gasteiger partial charge in [0.1, 0.15) is 19.3 Å². The standard InChI is InChI=1S/C78H152O17P2/c1-9-71(8)57-49-41-36-37-43-51-59-76(81)89-65-74(95-78(83)61-53-45-35-29-21-17-16-19-25-31-39-47-55-69(4)5)67-93-97(86,87)91-63-72(79)62-90-96(84,85)92-66-73(64-88-75(80)58-50-42-33-27-23-22-26-32-40-48-56-70(6)7)94-77(82)60-52-44-34-28-20-15-13-11-10-12-14-18-24-30-38-46-54-68(2)3/h68-74,79H,9-67H2,1-8H3,(H,84,85)(H,86,87)/t71?,72-,73-,74-/m1/s1. The number of rotatable bonds is 75.